The summed E-state index contributed by atoms with van der Waals surface area (Å²) in [5.74, 6) is 2.29. The summed E-state index contributed by atoms with van der Waals surface area (Å²) in [7, 11) is 1.95. The van der Waals surface area contributed by atoms with Crippen LogP contribution in [0.15, 0.2) is 28.7 Å². The molecule has 0 fully saturated rings. The van der Waals surface area contributed by atoms with Crippen molar-refractivity contribution in [2.75, 3.05) is 0 Å². The molecule has 0 aliphatic heterocycles. The molecule has 17 heavy (non-hydrogen) atoms. The highest BCUT2D eigenvalue weighted by Gasteiger charge is 2.10. The van der Waals surface area contributed by atoms with Crippen LogP contribution in [0.2, 0.25) is 0 Å². The second-order valence-corrected chi connectivity index (χ2v) is 5.39. The SMILES string of the molecule is CC(C)c1nc(Cc2cccc(Br)c2)n(C)n1. The largest absolute Gasteiger partial charge is 0.253 e. The highest BCUT2D eigenvalue weighted by Crippen LogP contribution is 2.16. The first-order valence-corrected chi connectivity index (χ1v) is 6.50. The Morgan fingerprint density at radius 3 is 2.71 bits per heavy atom. The fourth-order valence-corrected chi connectivity index (χ4v) is 2.11. The molecule has 1 heterocycles. The van der Waals surface area contributed by atoms with Crippen LogP contribution in [-0.4, -0.2) is 14.8 Å². The molecule has 0 saturated heterocycles. The van der Waals surface area contributed by atoms with E-state index in [4.69, 9.17) is 0 Å². The van der Waals surface area contributed by atoms with Crippen LogP contribution in [0.1, 0.15) is 37.0 Å². The Balaban J connectivity index is 2.24. The maximum Gasteiger partial charge on any atom is 0.153 e. The predicted octanol–water partition coefficient (Wildman–Crippen LogP) is 3.29. The van der Waals surface area contributed by atoms with Crippen molar-refractivity contribution in [1.29, 1.82) is 0 Å². The Hall–Kier alpha value is -1.16. The van der Waals surface area contributed by atoms with Gasteiger partial charge in [0.1, 0.15) is 5.82 Å². The zero-order valence-electron chi connectivity index (χ0n) is 10.3. The van der Waals surface area contributed by atoms with Crippen molar-refractivity contribution in [3.05, 3.63) is 46.0 Å². The molecule has 3 nitrogen and oxygen atoms in total. The number of halogens is 1. The monoisotopic (exact) mass is 293 g/mol. The van der Waals surface area contributed by atoms with Crippen LogP contribution in [0.4, 0.5) is 0 Å². The third-order valence-corrected chi connectivity index (χ3v) is 3.13. The smallest absolute Gasteiger partial charge is 0.153 e. The number of hydrogen-bond donors (Lipinski definition) is 0. The Morgan fingerprint density at radius 1 is 1.35 bits per heavy atom. The standard InChI is InChI=1S/C13H16BrN3/c1-9(2)13-15-12(17(3)16-13)8-10-5-4-6-11(14)7-10/h4-7,9H,8H2,1-3H3. The molecular formula is C13H16BrN3. The third-order valence-electron chi connectivity index (χ3n) is 2.64. The maximum atomic E-state index is 4.57. The van der Waals surface area contributed by atoms with E-state index in [-0.39, 0.29) is 0 Å². The molecule has 2 rings (SSSR count). The van der Waals surface area contributed by atoms with E-state index in [9.17, 15) is 0 Å². The molecule has 2 aromatic rings. The number of aryl methyl sites for hydroxylation is 1. The molecule has 0 radical (unpaired) electrons. The summed E-state index contributed by atoms with van der Waals surface area (Å²) in [5, 5.41) is 4.42. The van der Waals surface area contributed by atoms with Gasteiger partial charge in [-0.15, -0.1) is 0 Å². The van der Waals surface area contributed by atoms with Crippen molar-refractivity contribution >= 4 is 15.9 Å². The van der Waals surface area contributed by atoms with E-state index in [1.54, 1.807) is 0 Å². The third kappa shape index (κ3) is 2.94. The van der Waals surface area contributed by atoms with Crippen molar-refractivity contribution in [1.82, 2.24) is 14.8 Å². The van der Waals surface area contributed by atoms with Gasteiger partial charge in [-0.25, -0.2) is 4.98 Å². The lowest BCUT2D eigenvalue weighted by Gasteiger charge is -2.01. The molecule has 0 amide bonds. The van der Waals surface area contributed by atoms with Crippen molar-refractivity contribution in [2.45, 2.75) is 26.2 Å². The van der Waals surface area contributed by atoms with Gasteiger partial charge in [-0.3, -0.25) is 4.68 Å². The first kappa shape index (κ1) is 12.3. The highest BCUT2D eigenvalue weighted by molar-refractivity contribution is 9.10. The topological polar surface area (TPSA) is 30.7 Å². The minimum atomic E-state index is 0.373. The Morgan fingerprint density at radius 2 is 2.12 bits per heavy atom. The highest BCUT2D eigenvalue weighted by atomic mass is 79.9. The lowest BCUT2D eigenvalue weighted by atomic mass is 10.1. The molecule has 90 valence electrons. The number of hydrogen-bond acceptors (Lipinski definition) is 2. The zero-order valence-corrected chi connectivity index (χ0v) is 11.9. The molecule has 1 aromatic carbocycles. The van der Waals surface area contributed by atoms with E-state index in [1.165, 1.54) is 5.56 Å². The summed E-state index contributed by atoms with van der Waals surface area (Å²) >= 11 is 3.48. The van der Waals surface area contributed by atoms with Gasteiger partial charge < -0.3 is 0 Å². The number of rotatable bonds is 3. The summed E-state index contributed by atoms with van der Waals surface area (Å²) in [6.07, 6.45) is 0.815. The minimum Gasteiger partial charge on any atom is -0.253 e. The van der Waals surface area contributed by atoms with Gasteiger partial charge in [0.2, 0.25) is 0 Å². The van der Waals surface area contributed by atoms with E-state index in [1.807, 2.05) is 23.9 Å². The molecule has 4 heteroatoms. The van der Waals surface area contributed by atoms with Gasteiger partial charge in [0.15, 0.2) is 5.82 Å². The van der Waals surface area contributed by atoms with Crippen molar-refractivity contribution in [2.24, 2.45) is 7.05 Å². The lowest BCUT2D eigenvalue weighted by molar-refractivity contribution is 0.689. The Bertz CT molecular complexity index is 517. The summed E-state index contributed by atoms with van der Waals surface area (Å²) in [5.41, 5.74) is 1.24. The van der Waals surface area contributed by atoms with Crippen molar-refractivity contribution < 1.29 is 0 Å². The van der Waals surface area contributed by atoms with E-state index in [0.717, 1.165) is 22.5 Å². The van der Waals surface area contributed by atoms with E-state index in [2.05, 4.69) is 52.0 Å². The summed E-state index contributed by atoms with van der Waals surface area (Å²) < 4.78 is 2.97. The summed E-state index contributed by atoms with van der Waals surface area (Å²) in [6.45, 7) is 4.22. The molecule has 0 aliphatic rings. The van der Waals surface area contributed by atoms with Crippen molar-refractivity contribution in [3.63, 3.8) is 0 Å². The van der Waals surface area contributed by atoms with Gasteiger partial charge in [-0.2, -0.15) is 5.10 Å². The molecule has 1 aromatic heterocycles. The lowest BCUT2D eigenvalue weighted by Crippen LogP contribution is -2.00. The van der Waals surface area contributed by atoms with Crippen LogP contribution in [0.5, 0.6) is 0 Å². The van der Waals surface area contributed by atoms with Crippen LogP contribution >= 0.6 is 15.9 Å². The fraction of sp³-hybridized carbons (Fsp3) is 0.385. The van der Waals surface area contributed by atoms with Gasteiger partial charge in [-0.1, -0.05) is 41.9 Å². The first-order chi connectivity index (χ1) is 8.06. The minimum absolute atomic E-state index is 0.373. The number of nitrogens with zero attached hydrogens (tertiary/aromatic N) is 3. The molecule has 0 bridgehead atoms. The molecule has 0 atom stereocenters. The van der Waals surface area contributed by atoms with Crippen molar-refractivity contribution in [3.8, 4) is 0 Å². The molecular weight excluding hydrogens is 278 g/mol. The number of aromatic nitrogens is 3. The van der Waals surface area contributed by atoms with Crippen LogP contribution in [0, 0.1) is 0 Å². The molecule has 0 saturated carbocycles. The quantitative estimate of drug-likeness (QED) is 0.869. The first-order valence-electron chi connectivity index (χ1n) is 5.70. The van der Waals surface area contributed by atoms with Gasteiger partial charge in [0.25, 0.3) is 0 Å². The second-order valence-electron chi connectivity index (χ2n) is 4.47. The van der Waals surface area contributed by atoms with Crippen LogP contribution in [-0.2, 0) is 13.5 Å². The van der Waals surface area contributed by atoms with Gasteiger partial charge in [-0.05, 0) is 17.7 Å². The average molecular weight is 294 g/mol. The van der Waals surface area contributed by atoms with Gasteiger partial charge in [0, 0.05) is 23.9 Å². The number of benzene rings is 1. The van der Waals surface area contributed by atoms with E-state index >= 15 is 0 Å². The zero-order chi connectivity index (χ0) is 12.4. The molecule has 0 unspecified atom stereocenters. The van der Waals surface area contributed by atoms with Crippen LogP contribution < -0.4 is 0 Å². The molecule has 0 N–H and O–H groups in total. The maximum absolute atomic E-state index is 4.57. The summed E-state index contributed by atoms with van der Waals surface area (Å²) in [6, 6.07) is 8.29. The van der Waals surface area contributed by atoms with Crippen LogP contribution in [0.25, 0.3) is 0 Å². The van der Waals surface area contributed by atoms with E-state index < -0.39 is 0 Å². The second kappa shape index (κ2) is 5.00. The van der Waals surface area contributed by atoms with Crippen LogP contribution in [0.3, 0.4) is 0 Å². The predicted molar refractivity (Wildman–Crippen MR) is 72.0 cm³/mol. The van der Waals surface area contributed by atoms with E-state index in [0.29, 0.717) is 5.92 Å². The normalized spacial score (nSPS) is 11.1. The summed E-state index contributed by atoms with van der Waals surface area (Å²) in [4.78, 5) is 4.57. The molecule has 0 spiro atoms. The Labute approximate surface area is 110 Å². The van der Waals surface area contributed by atoms with Gasteiger partial charge >= 0.3 is 0 Å². The average Bonchev–Trinajstić information content (AvgIpc) is 2.61. The van der Waals surface area contributed by atoms with Gasteiger partial charge in [0.05, 0.1) is 0 Å². The fourth-order valence-electron chi connectivity index (χ4n) is 1.67. The Kier molecular flexibility index (Phi) is 3.62. The molecule has 0 aliphatic carbocycles.